The minimum absolute atomic E-state index is 0.199. The van der Waals surface area contributed by atoms with E-state index >= 15 is 0 Å². The molecule has 1 saturated carbocycles. The first kappa shape index (κ1) is 13.8. The van der Waals surface area contributed by atoms with Gasteiger partial charge in [0.15, 0.2) is 0 Å². The molecule has 3 nitrogen and oxygen atoms in total. The molecule has 0 spiro atoms. The van der Waals surface area contributed by atoms with Crippen molar-refractivity contribution in [2.75, 3.05) is 0 Å². The van der Waals surface area contributed by atoms with Gasteiger partial charge >= 0.3 is 12.1 Å². The molecule has 0 bridgehead atoms. The lowest BCUT2D eigenvalue weighted by Gasteiger charge is -2.35. The second kappa shape index (κ2) is 4.83. The monoisotopic (exact) mass is 273 g/mol. The molecule has 0 radical (unpaired) electrons. The molecule has 0 aromatic carbocycles. The minimum atomic E-state index is -4.56. The van der Waals surface area contributed by atoms with Crippen LogP contribution >= 0.6 is 0 Å². The zero-order chi connectivity index (χ0) is 14.1. The van der Waals surface area contributed by atoms with E-state index in [2.05, 4.69) is 4.98 Å². The highest BCUT2D eigenvalue weighted by Crippen LogP contribution is 2.44. The van der Waals surface area contributed by atoms with Gasteiger partial charge in [0.2, 0.25) is 0 Å². The van der Waals surface area contributed by atoms with Crippen LogP contribution in [0.25, 0.3) is 0 Å². The second-order valence-electron chi connectivity index (χ2n) is 4.87. The molecule has 1 aliphatic rings. The van der Waals surface area contributed by atoms with Gasteiger partial charge in [0.05, 0.1) is 11.0 Å². The van der Waals surface area contributed by atoms with Crippen LogP contribution in [0.5, 0.6) is 0 Å². The van der Waals surface area contributed by atoms with E-state index in [1.807, 2.05) is 0 Å². The summed E-state index contributed by atoms with van der Waals surface area (Å²) in [7, 11) is 0. The summed E-state index contributed by atoms with van der Waals surface area (Å²) in [6, 6.07) is 0.856. The number of carboxylic acid groups (broad SMARTS) is 1. The normalized spacial score (nSPS) is 19.1. The summed E-state index contributed by atoms with van der Waals surface area (Å²) in [5.74, 6) is -1.19. The van der Waals surface area contributed by atoms with Gasteiger partial charge in [-0.1, -0.05) is 19.3 Å². The molecule has 1 N–H and O–H groups in total. The minimum Gasteiger partial charge on any atom is -0.481 e. The van der Waals surface area contributed by atoms with Gasteiger partial charge in [-0.3, -0.25) is 9.78 Å². The molecule has 0 atom stereocenters. The van der Waals surface area contributed by atoms with Crippen molar-refractivity contribution in [3.8, 4) is 0 Å². The topological polar surface area (TPSA) is 50.2 Å². The number of hydrogen-bond donors (Lipinski definition) is 1. The number of carboxylic acids is 1. The van der Waals surface area contributed by atoms with Gasteiger partial charge < -0.3 is 5.11 Å². The summed E-state index contributed by atoms with van der Waals surface area (Å²) >= 11 is 0. The van der Waals surface area contributed by atoms with Gasteiger partial charge in [-0.25, -0.2) is 0 Å². The maximum absolute atomic E-state index is 13.0. The van der Waals surface area contributed by atoms with Crippen LogP contribution < -0.4 is 0 Å². The lowest BCUT2D eigenvalue weighted by atomic mass is 9.68. The number of carbonyl (C=O) groups is 1. The van der Waals surface area contributed by atoms with E-state index in [4.69, 9.17) is 0 Å². The third-order valence-electron chi connectivity index (χ3n) is 3.76. The average Bonchev–Trinajstić information content (AvgIpc) is 2.38. The SMILES string of the molecule is O=C(O)C1(c2cnccc2C(F)(F)F)CCCCC1. The Morgan fingerprint density at radius 2 is 1.89 bits per heavy atom. The Morgan fingerprint density at radius 1 is 1.26 bits per heavy atom. The van der Waals surface area contributed by atoms with Crippen molar-refractivity contribution in [1.82, 2.24) is 4.98 Å². The van der Waals surface area contributed by atoms with Gasteiger partial charge in [-0.15, -0.1) is 0 Å². The Morgan fingerprint density at radius 3 is 2.42 bits per heavy atom. The fourth-order valence-electron chi connectivity index (χ4n) is 2.78. The van der Waals surface area contributed by atoms with Gasteiger partial charge in [-0.2, -0.15) is 13.2 Å². The van der Waals surface area contributed by atoms with Crippen molar-refractivity contribution >= 4 is 5.97 Å². The molecule has 19 heavy (non-hydrogen) atoms. The molecule has 2 rings (SSSR count). The summed E-state index contributed by atoms with van der Waals surface area (Å²) in [4.78, 5) is 15.3. The Labute approximate surface area is 108 Å². The molecule has 1 aliphatic carbocycles. The van der Waals surface area contributed by atoms with Crippen molar-refractivity contribution < 1.29 is 23.1 Å². The number of nitrogens with zero attached hydrogens (tertiary/aromatic N) is 1. The smallest absolute Gasteiger partial charge is 0.416 e. The highest BCUT2D eigenvalue weighted by atomic mass is 19.4. The van der Waals surface area contributed by atoms with Crippen LogP contribution in [-0.4, -0.2) is 16.1 Å². The summed E-state index contributed by atoms with van der Waals surface area (Å²) in [6.45, 7) is 0. The first-order chi connectivity index (χ1) is 8.88. The Kier molecular flexibility index (Phi) is 3.52. The van der Waals surface area contributed by atoms with Crippen molar-refractivity contribution in [1.29, 1.82) is 0 Å². The molecule has 0 aliphatic heterocycles. The number of pyridine rings is 1. The number of aromatic nitrogens is 1. The molecule has 0 saturated heterocycles. The molecule has 0 amide bonds. The number of aliphatic carboxylic acids is 1. The van der Waals surface area contributed by atoms with Gasteiger partial charge in [0.1, 0.15) is 0 Å². The lowest BCUT2D eigenvalue weighted by Crippen LogP contribution is -2.39. The van der Waals surface area contributed by atoms with E-state index in [-0.39, 0.29) is 18.4 Å². The van der Waals surface area contributed by atoms with E-state index in [9.17, 15) is 23.1 Å². The molecule has 1 aromatic heterocycles. The molecule has 0 unspecified atom stereocenters. The number of rotatable bonds is 2. The zero-order valence-corrected chi connectivity index (χ0v) is 10.2. The van der Waals surface area contributed by atoms with Gasteiger partial charge in [0, 0.05) is 12.4 Å². The van der Waals surface area contributed by atoms with Crippen LogP contribution in [0.4, 0.5) is 13.2 Å². The van der Waals surface area contributed by atoms with E-state index in [1.165, 1.54) is 0 Å². The first-order valence-corrected chi connectivity index (χ1v) is 6.13. The van der Waals surface area contributed by atoms with Crippen molar-refractivity contribution in [2.24, 2.45) is 0 Å². The van der Waals surface area contributed by atoms with E-state index in [1.54, 1.807) is 0 Å². The summed E-state index contributed by atoms with van der Waals surface area (Å²) in [5, 5.41) is 9.44. The van der Waals surface area contributed by atoms with Crippen LogP contribution in [0.15, 0.2) is 18.5 Å². The third kappa shape index (κ3) is 2.43. The van der Waals surface area contributed by atoms with Crippen LogP contribution in [0.3, 0.4) is 0 Å². The predicted molar refractivity (Wildman–Crippen MR) is 61.6 cm³/mol. The lowest BCUT2D eigenvalue weighted by molar-refractivity contribution is -0.147. The second-order valence-corrected chi connectivity index (χ2v) is 4.87. The van der Waals surface area contributed by atoms with Crippen molar-refractivity contribution in [2.45, 2.75) is 43.7 Å². The fraction of sp³-hybridized carbons (Fsp3) is 0.538. The Bertz CT molecular complexity index is 479. The van der Waals surface area contributed by atoms with Gasteiger partial charge in [0.25, 0.3) is 0 Å². The average molecular weight is 273 g/mol. The number of alkyl halides is 3. The summed E-state index contributed by atoms with van der Waals surface area (Å²) < 4.78 is 39.0. The Balaban J connectivity index is 2.58. The number of halogens is 3. The molecular weight excluding hydrogens is 259 g/mol. The third-order valence-corrected chi connectivity index (χ3v) is 3.76. The predicted octanol–water partition coefficient (Wildman–Crippen LogP) is 3.39. The van der Waals surface area contributed by atoms with E-state index < -0.39 is 23.1 Å². The standard InChI is InChI=1S/C13H14F3NO2/c14-13(15,16)9-4-7-17-8-10(9)12(11(18)19)5-2-1-3-6-12/h4,7-8H,1-3,5-6H2,(H,18,19). The quantitative estimate of drug-likeness (QED) is 0.898. The van der Waals surface area contributed by atoms with Crippen LogP contribution in [0.1, 0.15) is 43.2 Å². The largest absolute Gasteiger partial charge is 0.481 e. The van der Waals surface area contributed by atoms with Crippen LogP contribution in [0, 0.1) is 0 Å². The van der Waals surface area contributed by atoms with E-state index in [0.717, 1.165) is 24.9 Å². The van der Waals surface area contributed by atoms with Crippen molar-refractivity contribution in [3.63, 3.8) is 0 Å². The van der Waals surface area contributed by atoms with E-state index in [0.29, 0.717) is 12.8 Å². The molecule has 1 heterocycles. The number of hydrogen-bond acceptors (Lipinski definition) is 2. The summed E-state index contributed by atoms with van der Waals surface area (Å²) in [6.07, 6.45) is 0.118. The molecule has 1 fully saturated rings. The summed E-state index contributed by atoms with van der Waals surface area (Å²) in [5.41, 5.74) is -2.53. The maximum Gasteiger partial charge on any atom is 0.416 e. The fourth-order valence-corrected chi connectivity index (χ4v) is 2.78. The molecule has 1 aromatic rings. The highest BCUT2D eigenvalue weighted by molar-refractivity contribution is 5.82. The first-order valence-electron chi connectivity index (χ1n) is 6.13. The van der Waals surface area contributed by atoms with Gasteiger partial charge in [-0.05, 0) is 24.5 Å². The van der Waals surface area contributed by atoms with Crippen LogP contribution in [0.2, 0.25) is 0 Å². The molecule has 104 valence electrons. The maximum atomic E-state index is 13.0. The van der Waals surface area contributed by atoms with Crippen LogP contribution in [-0.2, 0) is 16.4 Å². The molecular formula is C13H14F3NO2. The molecule has 6 heteroatoms. The Hall–Kier alpha value is -1.59. The highest BCUT2D eigenvalue weighted by Gasteiger charge is 2.47. The van der Waals surface area contributed by atoms with Crippen molar-refractivity contribution in [3.05, 3.63) is 29.6 Å². The zero-order valence-electron chi connectivity index (χ0n) is 10.2.